The highest BCUT2D eigenvalue weighted by molar-refractivity contribution is 14.0. The van der Waals surface area contributed by atoms with Crippen LogP contribution >= 0.6 is 35.3 Å². The summed E-state index contributed by atoms with van der Waals surface area (Å²) >= 11 is 1.60. The summed E-state index contributed by atoms with van der Waals surface area (Å²) in [5.41, 5.74) is 6.00. The zero-order valence-electron chi connectivity index (χ0n) is 12.1. The number of nitrogens with zero attached hydrogens (tertiary/aromatic N) is 4. The number of nitrogens with two attached hydrogens (primary N) is 1. The molecule has 2 N–H and O–H groups in total. The fourth-order valence-corrected chi connectivity index (χ4v) is 2.48. The van der Waals surface area contributed by atoms with Crippen LogP contribution < -0.4 is 5.73 Å². The molecule has 0 aliphatic carbocycles. The molecule has 0 radical (unpaired) electrons. The van der Waals surface area contributed by atoms with Crippen molar-refractivity contribution in [3.8, 4) is 0 Å². The second-order valence-electron chi connectivity index (χ2n) is 5.52. The van der Waals surface area contributed by atoms with Gasteiger partial charge in [0.25, 0.3) is 0 Å². The van der Waals surface area contributed by atoms with Gasteiger partial charge in [-0.15, -0.1) is 34.2 Å². The van der Waals surface area contributed by atoms with Gasteiger partial charge in [0, 0.05) is 18.5 Å². The Bertz CT molecular complexity index is 451. The lowest BCUT2D eigenvalue weighted by atomic mass is 9.98. The minimum absolute atomic E-state index is 0. The molecule has 0 atom stereocenters. The molecule has 8 heteroatoms. The standard InChI is InChI=1S/C12H21N5OS.HI/c1-12(2,3)10-16-15-9(19-10)8-14-11(13)17-4-6-18-7-5-17;/h4-8H2,1-3H3,(H2,13,14);1H. The van der Waals surface area contributed by atoms with E-state index in [0.29, 0.717) is 25.7 Å². The van der Waals surface area contributed by atoms with Crippen molar-refractivity contribution in [3.05, 3.63) is 10.0 Å². The van der Waals surface area contributed by atoms with Crippen LogP contribution in [0, 0.1) is 0 Å². The Morgan fingerprint density at radius 2 is 2.00 bits per heavy atom. The predicted molar refractivity (Wildman–Crippen MR) is 91.7 cm³/mol. The molecule has 2 rings (SSSR count). The van der Waals surface area contributed by atoms with Crippen LogP contribution in [0.1, 0.15) is 30.8 Å². The maximum atomic E-state index is 5.97. The molecule has 6 nitrogen and oxygen atoms in total. The van der Waals surface area contributed by atoms with Crippen LogP contribution in [0.4, 0.5) is 0 Å². The summed E-state index contributed by atoms with van der Waals surface area (Å²) in [4.78, 5) is 6.42. The third-order valence-electron chi connectivity index (χ3n) is 2.82. The Morgan fingerprint density at radius 1 is 1.35 bits per heavy atom. The van der Waals surface area contributed by atoms with Crippen LogP contribution in [0.5, 0.6) is 0 Å². The van der Waals surface area contributed by atoms with Gasteiger partial charge in [-0.2, -0.15) is 0 Å². The van der Waals surface area contributed by atoms with Crippen molar-refractivity contribution < 1.29 is 4.74 Å². The van der Waals surface area contributed by atoms with Crippen LogP contribution in [0.3, 0.4) is 0 Å². The zero-order chi connectivity index (χ0) is 13.9. The summed E-state index contributed by atoms with van der Waals surface area (Å²) in [6.07, 6.45) is 0. The van der Waals surface area contributed by atoms with Gasteiger partial charge < -0.3 is 15.4 Å². The normalized spacial score (nSPS) is 16.9. The fourth-order valence-electron chi connectivity index (χ4n) is 1.66. The number of guanidine groups is 1. The summed E-state index contributed by atoms with van der Waals surface area (Å²) in [6.45, 7) is 9.91. The fraction of sp³-hybridized carbons (Fsp3) is 0.750. The molecule has 114 valence electrons. The van der Waals surface area contributed by atoms with Crippen molar-refractivity contribution in [1.82, 2.24) is 15.1 Å². The van der Waals surface area contributed by atoms with Crippen molar-refractivity contribution in [2.45, 2.75) is 32.7 Å². The number of hydrogen-bond acceptors (Lipinski definition) is 5. The van der Waals surface area contributed by atoms with Gasteiger partial charge >= 0.3 is 0 Å². The summed E-state index contributed by atoms with van der Waals surface area (Å²) in [5, 5.41) is 10.3. The van der Waals surface area contributed by atoms with Crippen LogP contribution in [0.15, 0.2) is 4.99 Å². The van der Waals surface area contributed by atoms with Crippen LogP contribution in [-0.4, -0.2) is 47.4 Å². The van der Waals surface area contributed by atoms with Gasteiger partial charge in [0.15, 0.2) is 5.96 Å². The Labute approximate surface area is 140 Å². The van der Waals surface area contributed by atoms with Crippen molar-refractivity contribution in [3.63, 3.8) is 0 Å². The van der Waals surface area contributed by atoms with Crippen LogP contribution in [0.25, 0.3) is 0 Å². The first kappa shape index (κ1) is 17.6. The first-order valence-electron chi connectivity index (χ1n) is 6.42. The zero-order valence-corrected chi connectivity index (χ0v) is 15.3. The maximum absolute atomic E-state index is 5.97. The lowest BCUT2D eigenvalue weighted by Crippen LogP contribution is -2.44. The molecule has 20 heavy (non-hydrogen) atoms. The van der Waals surface area contributed by atoms with E-state index in [2.05, 4.69) is 36.0 Å². The number of morpholine rings is 1. The quantitative estimate of drug-likeness (QED) is 0.455. The van der Waals surface area contributed by atoms with Gasteiger partial charge in [0.2, 0.25) is 0 Å². The average Bonchev–Trinajstić information content (AvgIpc) is 2.86. The molecule has 1 fully saturated rings. The Balaban J connectivity index is 0.00000200. The average molecular weight is 411 g/mol. The van der Waals surface area contributed by atoms with E-state index in [1.165, 1.54) is 0 Å². The summed E-state index contributed by atoms with van der Waals surface area (Å²) in [7, 11) is 0. The van der Waals surface area contributed by atoms with E-state index >= 15 is 0 Å². The number of hydrogen-bond donors (Lipinski definition) is 1. The van der Waals surface area contributed by atoms with Gasteiger partial charge in [-0.25, -0.2) is 4.99 Å². The number of aliphatic imine (C=N–C) groups is 1. The number of rotatable bonds is 2. The molecule has 0 aromatic carbocycles. The van der Waals surface area contributed by atoms with Gasteiger partial charge in [-0.05, 0) is 0 Å². The predicted octanol–water partition coefficient (Wildman–Crippen LogP) is 1.60. The molecule has 0 amide bonds. The molecular weight excluding hydrogens is 389 g/mol. The van der Waals surface area contributed by atoms with E-state index in [4.69, 9.17) is 10.5 Å². The molecule has 2 heterocycles. The maximum Gasteiger partial charge on any atom is 0.191 e. The number of halogens is 1. The molecule has 1 aliphatic heterocycles. The Kier molecular flexibility index (Phi) is 6.59. The SMILES string of the molecule is CC(C)(C)c1nnc(CN=C(N)N2CCOCC2)s1.I. The van der Waals surface area contributed by atoms with Gasteiger partial charge in [-0.1, -0.05) is 32.1 Å². The first-order chi connectivity index (χ1) is 8.97. The second-order valence-corrected chi connectivity index (χ2v) is 6.59. The third kappa shape index (κ3) is 4.81. The monoisotopic (exact) mass is 411 g/mol. The van der Waals surface area contributed by atoms with Gasteiger partial charge in [-0.3, -0.25) is 0 Å². The van der Waals surface area contributed by atoms with Gasteiger partial charge in [0.1, 0.15) is 10.0 Å². The molecule has 1 saturated heterocycles. The van der Waals surface area contributed by atoms with Crippen molar-refractivity contribution >= 4 is 41.3 Å². The van der Waals surface area contributed by atoms with Crippen molar-refractivity contribution in [2.75, 3.05) is 26.3 Å². The van der Waals surface area contributed by atoms with E-state index in [1.807, 2.05) is 4.90 Å². The highest BCUT2D eigenvalue weighted by Gasteiger charge is 2.19. The Morgan fingerprint density at radius 3 is 2.55 bits per heavy atom. The van der Waals surface area contributed by atoms with E-state index in [0.717, 1.165) is 23.1 Å². The lowest BCUT2D eigenvalue weighted by Gasteiger charge is -2.27. The Hall–Kier alpha value is -0.480. The summed E-state index contributed by atoms with van der Waals surface area (Å²) in [5.74, 6) is 0.566. The van der Waals surface area contributed by atoms with E-state index in [1.54, 1.807) is 11.3 Å². The molecule has 1 aromatic rings. The highest BCUT2D eigenvalue weighted by Crippen LogP contribution is 2.25. The topological polar surface area (TPSA) is 76.6 Å². The second kappa shape index (κ2) is 7.51. The molecule has 1 aromatic heterocycles. The molecule has 0 spiro atoms. The van der Waals surface area contributed by atoms with Crippen molar-refractivity contribution in [2.24, 2.45) is 10.7 Å². The minimum Gasteiger partial charge on any atom is -0.378 e. The molecular formula is C12H22IN5OS. The molecule has 0 saturated carbocycles. The molecule has 0 bridgehead atoms. The number of aromatic nitrogens is 2. The third-order valence-corrected chi connectivity index (χ3v) is 4.15. The van der Waals surface area contributed by atoms with Gasteiger partial charge in [0.05, 0.1) is 19.8 Å². The lowest BCUT2D eigenvalue weighted by molar-refractivity contribution is 0.0674. The molecule has 0 unspecified atom stereocenters. The van der Waals surface area contributed by atoms with E-state index < -0.39 is 0 Å². The van der Waals surface area contributed by atoms with E-state index in [9.17, 15) is 0 Å². The smallest absolute Gasteiger partial charge is 0.191 e. The number of ether oxygens (including phenoxy) is 1. The summed E-state index contributed by atoms with van der Waals surface area (Å²) in [6, 6.07) is 0. The first-order valence-corrected chi connectivity index (χ1v) is 7.24. The minimum atomic E-state index is 0. The molecule has 1 aliphatic rings. The largest absolute Gasteiger partial charge is 0.378 e. The summed E-state index contributed by atoms with van der Waals surface area (Å²) < 4.78 is 5.28. The van der Waals surface area contributed by atoms with E-state index in [-0.39, 0.29) is 29.4 Å². The highest BCUT2D eigenvalue weighted by atomic mass is 127. The van der Waals surface area contributed by atoms with Crippen LogP contribution in [-0.2, 0) is 16.7 Å². The van der Waals surface area contributed by atoms with Crippen molar-refractivity contribution in [1.29, 1.82) is 0 Å². The van der Waals surface area contributed by atoms with Crippen LogP contribution in [0.2, 0.25) is 0 Å².